The first kappa shape index (κ1) is 13.5. The molecule has 4 nitrogen and oxygen atoms in total. The number of imidazole rings is 1. The number of anilines is 2. The Bertz CT molecular complexity index is 794. The molecule has 21 heavy (non-hydrogen) atoms. The van der Waals surface area contributed by atoms with Crippen LogP contribution in [0.15, 0.2) is 36.8 Å². The Morgan fingerprint density at radius 3 is 2.81 bits per heavy atom. The minimum absolute atomic E-state index is 0.240. The number of aromatic nitrogens is 3. The zero-order valence-corrected chi connectivity index (χ0v) is 12.3. The van der Waals surface area contributed by atoms with Crippen molar-refractivity contribution in [1.82, 2.24) is 14.5 Å². The molecule has 0 saturated carbocycles. The predicted octanol–water partition coefficient (Wildman–Crippen LogP) is 3.44. The molecule has 0 atom stereocenters. The number of nitrogens with zero attached hydrogens (tertiary/aromatic N) is 4. The quantitative estimate of drug-likeness (QED) is 0.739. The van der Waals surface area contributed by atoms with Crippen molar-refractivity contribution in [2.24, 2.45) is 7.05 Å². The Morgan fingerprint density at radius 1 is 1.24 bits per heavy atom. The van der Waals surface area contributed by atoms with Gasteiger partial charge < -0.3 is 9.47 Å². The Hall–Kier alpha value is -2.43. The molecule has 0 aliphatic carbocycles. The molecule has 3 aromatic rings. The van der Waals surface area contributed by atoms with E-state index in [-0.39, 0.29) is 5.82 Å². The van der Waals surface area contributed by atoms with Crippen molar-refractivity contribution in [1.29, 1.82) is 0 Å². The third kappa shape index (κ3) is 2.35. The van der Waals surface area contributed by atoms with Crippen LogP contribution in [0.4, 0.5) is 15.9 Å². The molecular formula is C16H17FN4. The molecule has 0 amide bonds. The van der Waals surface area contributed by atoms with E-state index in [1.54, 1.807) is 18.6 Å². The summed E-state index contributed by atoms with van der Waals surface area (Å²) in [4.78, 5) is 10.6. The van der Waals surface area contributed by atoms with Crippen LogP contribution in [0, 0.1) is 5.82 Å². The molecule has 0 N–H and O–H groups in total. The van der Waals surface area contributed by atoms with Gasteiger partial charge in [0.1, 0.15) is 17.2 Å². The molecule has 0 fully saturated rings. The highest BCUT2D eigenvalue weighted by Gasteiger charge is 2.12. The van der Waals surface area contributed by atoms with Crippen molar-refractivity contribution in [3.8, 4) is 0 Å². The van der Waals surface area contributed by atoms with Crippen LogP contribution in [0.5, 0.6) is 0 Å². The van der Waals surface area contributed by atoms with Gasteiger partial charge in [0.2, 0.25) is 0 Å². The first-order valence-electron chi connectivity index (χ1n) is 6.89. The van der Waals surface area contributed by atoms with Crippen molar-refractivity contribution in [3.05, 3.63) is 48.2 Å². The fourth-order valence-corrected chi connectivity index (χ4v) is 2.47. The lowest BCUT2D eigenvalue weighted by atomic mass is 10.1. The minimum Gasteiger partial charge on any atom is -0.334 e. The summed E-state index contributed by atoms with van der Waals surface area (Å²) in [5, 5.41) is 0. The van der Waals surface area contributed by atoms with Gasteiger partial charge in [0.05, 0.1) is 18.0 Å². The molecule has 3 rings (SSSR count). The van der Waals surface area contributed by atoms with Crippen LogP contribution in [0.3, 0.4) is 0 Å². The van der Waals surface area contributed by atoms with Crippen LogP contribution >= 0.6 is 0 Å². The van der Waals surface area contributed by atoms with E-state index in [4.69, 9.17) is 0 Å². The first-order chi connectivity index (χ1) is 10.1. The van der Waals surface area contributed by atoms with Crippen molar-refractivity contribution in [2.75, 3.05) is 11.9 Å². The number of aryl methyl sites for hydroxylation is 2. The van der Waals surface area contributed by atoms with E-state index >= 15 is 0 Å². The average Bonchev–Trinajstić information content (AvgIpc) is 2.87. The monoisotopic (exact) mass is 284 g/mol. The van der Waals surface area contributed by atoms with Crippen LogP contribution in [-0.2, 0) is 13.5 Å². The van der Waals surface area contributed by atoms with E-state index in [2.05, 4.69) is 16.9 Å². The Kier molecular flexibility index (Phi) is 3.33. The Morgan fingerprint density at radius 2 is 2.05 bits per heavy atom. The first-order valence-corrected chi connectivity index (χ1v) is 6.89. The van der Waals surface area contributed by atoms with E-state index in [1.807, 2.05) is 35.7 Å². The third-order valence-electron chi connectivity index (χ3n) is 3.73. The molecule has 2 heterocycles. The van der Waals surface area contributed by atoms with Gasteiger partial charge in [0.25, 0.3) is 0 Å². The summed E-state index contributed by atoms with van der Waals surface area (Å²) in [5.74, 6) is 0.530. The summed E-state index contributed by atoms with van der Waals surface area (Å²) in [6.07, 6.45) is 4.34. The van der Waals surface area contributed by atoms with Gasteiger partial charge in [0.15, 0.2) is 0 Å². The van der Waals surface area contributed by atoms with E-state index in [9.17, 15) is 4.39 Å². The predicted molar refractivity (Wildman–Crippen MR) is 82.4 cm³/mol. The van der Waals surface area contributed by atoms with Crippen molar-refractivity contribution >= 4 is 22.5 Å². The van der Waals surface area contributed by atoms with Crippen molar-refractivity contribution < 1.29 is 4.39 Å². The smallest absolute Gasteiger partial charge is 0.134 e. The van der Waals surface area contributed by atoms with Gasteiger partial charge in [-0.15, -0.1) is 0 Å². The van der Waals surface area contributed by atoms with E-state index in [0.717, 1.165) is 34.5 Å². The largest absolute Gasteiger partial charge is 0.334 e. The summed E-state index contributed by atoms with van der Waals surface area (Å²) in [6.45, 7) is 2.06. The topological polar surface area (TPSA) is 34.0 Å². The molecule has 0 aliphatic rings. The summed E-state index contributed by atoms with van der Waals surface area (Å²) in [7, 11) is 3.84. The number of hydrogen-bond acceptors (Lipinski definition) is 3. The second-order valence-electron chi connectivity index (χ2n) is 5.07. The van der Waals surface area contributed by atoms with Crippen LogP contribution in [0.1, 0.15) is 12.5 Å². The van der Waals surface area contributed by atoms with Gasteiger partial charge in [-0.05, 0) is 24.1 Å². The van der Waals surface area contributed by atoms with Crippen molar-refractivity contribution in [2.45, 2.75) is 13.3 Å². The van der Waals surface area contributed by atoms with Gasteiger partial charge in [0, 0.05) is 25.8 Å². The molecule has 1 aromatic carbocycles. The number of pyridine rings is 1. The molecule has 0 aliphatic heterocycles. The second-order valence-corrected chi connectivity index (χ2v) is 5.07. The number of rotatable bonds is 3. The third-order valence-corrected chi connectivity index (χ3v) is 3.73. The summed E-state index contributed by atoms with van der Waals surface area (Å²) in [6, 6.07) is 6.83. The standard InChI is InChI=1S/C16H17FN4/c1-4-11-5-6-12(17)7-14(11)21(3)16-8-15-13(9-18-16)19-10-20(15)2/h5-10H,4H2,1-3H3. The molecule has 108 valence electrons. The summed E-state index contributed by atoms with van der Waals surface area (Å²) >= 11 is 0. The normalized spacial score (nSPS) is 11.0. The molecular weight excluding hydrogens is 267 g/mol. The average molecular weight is 284 g/mol. The van der Waals surface area contributed by atoms with E-state index in [1.165, 1.54) is 6.07 Å². The zero-order chi connectivity index (χ0) is 15.0. The van der Waals surface area contributed by atoms with Crippen LogP contribution in [-0.4, -0.2) is 21.6 Å². The van der Waals surface area contributed by atoms with E-state index in [0.29, 0.717) is 0 Å². The van der Waals surface area contributed by atoms with Gasteiger partial charge in [-0.25, -0.2) is 14.4 Å². The lowest BCUT2D eigenvalue weighted by molar-refractivity contribution is 0.627. The molecule has 0 saturated heterocycles. The van der Waals surface area contributed by atoms with Gasteiger partial charge in [-0.3, -0.25) is 0 Å². The van der Waals surface area contributed by atoms with Crippen LogP contribution in [0.25, 0.3) is 11.0 Å². The highest BCUT2D eigenvalue weighted by atomic mass is 19.1. The zero-order valence-electron chi connectivity index (χ0n) is 12.3. The van der Waals surface area contributed by atoms with Gasteiger partial charge in [-0.2, -0.15) is 0 Å². The van der Waals surface area contributed by atoms with Gasteiger partial charge >= 0.3 is 0 Å². The Labute approximate surface area is 122 Å². The second kappa shape index (κ2) is 5.16. The summed E-state index contributed by atoms with van der Waals surface area (Å²) in [5.41, 5.74) is 3.78. The highest BCUT2D eigenvalue weighted by molar-refractivity contribution is 5.79. The maximum Gasteiger partial charge on any atom is 0.134 e. The fraction of sp³-hybridized carbons (Fsp3) is 0.250. The molecule has 2 aromatic heterocycles. The fourth-order valence-electron chi connectivity index (χ4n) is 2.47. The van der Waals surface area contributed by atoms with Gasteiger partial charge in [-0.1, -0.05) is 13.0 Å². The Balaban J connectivity index is 2.09. The van der Waals surface area contributed by atoms with Crippen LogP contribution in [0.2, 0.25) is 0 Å². The number of benzene rings is 1. The SMILES string of the molecule is CCc1ccc(F)cc1N(C)c1cc2c(cn1)ncn2C. The molecule has 0 bridgehead atoms. The summed E-state index contributed by atoms with van der Waals surface area (Å²) < 4.78 is 15.5. The highest BCUT2D eigenvalue weighted by Crippen LogP contribution is 2.28. The maximum absolute atomic E-state index is 13.6. The molecule has 0 unspecified atom stereocenters. The molecule has 5 heteroatoms. The minimum atomic E-state index is -0.240. The maximum atomic E-state index is 13.6. The lowest BCUT2D eigenvalue weighted by Crippen LogP contribution is -2.13. The molecule has 0 spiro atoms. The number of halogens is 1. The molecule has 0 radical (unpaired) electrons. The number of fused-ring (bicyclic) bond motifs is 1. The lowest BCUT2D eigenvalue weighted by Gasteiger charge is -2.21. The van der Waals surface area contributed by atoms with Crippen LogP contribution < -0.4 is 4.90 Å². The van der Waals surface area contributed by atoms with Crippen molar-refractivity contribution in [3.63, 3.8) is 0 Å². The number of hydrogen-bond donors (Lipinski definition) is 0. The van der Waals surface area contributed by atoms with E-state index < -0.39 is 0 Å².